The lowest BCUT2D eigenvalue weighted by Crippen LogP contribution is -2.58. The molecule has 1 aliphatic heterocycles. The van der Waals surface area contributed by atoms with Gasteiger partial charge in [0.1, 0.15) is 42.4 Å². The number of rotatable bonds is 16. The molecule has 306 valence electrons. The maximum Gasteiger partial charge on any atom is 0.320 e. The van der Waals surface area contributed by atoms with Gasteiger partial charge in [0.25, 0.3) is 0 Å². The van der Waals surface area contributed by atoms with Crippen LogP contribution in [0.5, 0.6) is 11.5 Å². The number of ether oxygens (including phenoxy) is 3. The SMILES string of the molecule is CC1(C)C(c2ccccc2)=CC=CC1(COc1cc(OCc2cncc(C#N)c2)c(CN2CCCCC2C(=O)O)cc1Cl)OCCCNC12CC3CC(CC(C3)C1)C2. The third-order valence-corrected chi connectivity index (χ3v) is 14.1. The predicted octanol–water partition coefficient (Wildman–Crippen LogP) is 9.39. The van der Waals surface area contributed by atoms with Crippen LogP contribution in [0, 0.1) is 34.5 Å². The number of piperidine rings is 1. The van der Waals surface area contributed by atoms with E-state index in [1.54, 1.807) is 12.3 Å². The molecule has 0 amide bonds. The minimum Gasteiger partial charge on any atom is -0.488 e. The summed E-state index contributed by atoms with van der Waals surface area (Å²) in [5.41, 5.74) is 3.24. The molecule has 0 spiro atoms. The summed E-state index contributed by atoms with van der Waals surface area (Å²) in [4.78, 5) is 18.4. The Morgan fingerprint density at radius 3 is 2.50 bits per heavy atom. The molecule has 0 radical (unpaired) electrons. The Morgan fingerprint density at radius 1 is 1.02 bits per heavy atom. The molecular formula is C48H57ClN4O5. The predicted molar refractivity (Wildman–Crippen MR) is 225 cm³/mol. The van der Waals surface area contributed by atoms with Crippen molar-refractivity contribution in [1.29, 1.82) is 5.26 Å². The molecule has 5 aliphatic carbocycles. The van der Waals surface area contributed by atoms with E-state index in [0.29, 0.717) is 53.7 Å². The molecule has 2 unspecified atom stereocenters. The Labute approximate surface area is 348 Å². The summed E-state index contributed by atoms with van der Waals surface area (Å²) < 4.78 is 20.3. The summed E-state index contributed by atoms with van der Waals surface area (Å²) in [5.74, 6) is 2.86. The quantitative estimate of drug-likeness (QED) is 0.137. The second kappa shape index (κ2) is 17.2. The van der Waals surface area contributed by atoms with Gasteiger partial charge in [-0.3, -0.25) is 14.7 Å². The zero-order valence-electron chi connectivity index (χ0n) is 33.9. The summed E-state index contributed by atoms with van der Waals surface area (Å²) in [6, 6.07) is 17.4. The van der Waals surface area contributed by atoms with Gasteiger partial charge in [-0.1, -0.05) is 74.4 Å². The summed E-state index contributed by atoms with van der Waals surface area (Å²) >= 11 is 7.07. The molecular weight excluding hydrogens is 748 g/mol. The van der Waals surface area contributed by atoms with Gasteiger partial charge in [0.2, 0.25) is 0 Å². The van der Waals surface area contributed by atoms with Crippen molar-refractivity contribution in [3.63, 3.8) is 0 Å². The van der Waals surface area contributed by atoms with Crippen LogP contribution in [0.1, 0.15) is 100 Å². The zero-order valence-corrected chi connectivity index (χ0v) is 34.7. The van der Waals surface area contributed by atoms with Gasteiger partial charge >= 0.3 is 5.97 Å². The van der Waals surface area contributed by atoms with E-state index in [1.807, 2.05) is 23.1 Å². The number of halogens is 1. The van der Waals surface area contributed by atoms with Gasteiger partial charge in [0.05, 0.1) is 10.6 Å². The third-order valence-electron chi connectivity index (χ3n) is 13.8. The number of nitrogens with zero attached hydrogens (tertiary/aromatic N) is 3. The van der Waals surface area contributed by atoms with E-state index in [-0.39, 0.29) is 13.2 Å². The first-order chi connectivity index (χ1) is 28.1. The van der Waals surface area contributed by atoms with Crippen LogP contribution in [0.25, 0.3) is 5.57 Å². The Hall–Kier alpha value is -4.20. The van der Waals surface area contributed by atoms with Gasteiger partial charge < -0.3 is 24.6 Å². The standard InChI is InChI=1S/C48H57ClN4O5/c1-46(2)40(38-10-4-3-5-11-38)12-8-14-48(46,58-17-9-15-52-47-24-33-18-34(25-47)20-35(19-33)26-47)32-57-44-23-43(56-31-37-21-36(27-50)28-51-29-37)39(22-41(44)49)30-53-16-7-6-13-42(53)45(54)55/h3-5,8,10-12,14,21-23,28-29,33-35,42,52H,6-7,9,13,15-20,24-26,30-32H2,1-2H3,(H,54,55). The van der Waals surface area contributed by atoms with Crippen molar-refractivity contribution in [1.82, 2.24) is 15.2 Å². The van der Waals surface area contributed by atoms with Gasteiger partial charge in [0.15, 0.2) is 0 Å². The summed E-state index contributed by atoms with van der Waals surface area (Å²) in [6.45, 7) is 7.32. The van der Waals surface area contributed by atoms with E-state index in [4.69, 9.17) is 25.8 Å². The van der Waals surface area contributed by atoms with Crippen LogP contribution < -0.4 is 14.8 Å². The van der Waals surface area contributed by atoms with Crippen LogP contribution in [-0.4, -0.2) is 64.4 Å². The molecule has 1 saturated heterocycles. The molecule has 3 aromatic rings. The van der Waals surface area contributed by atoms with E-state index in [0.717, 1.165) is 60.3 Å². The molecule has 2 atom stereocenters. The minimum atomic E-state index is -0.831. The molecule has 2 heterocycles. The highest BCUT2D eigenvalue weighted by Crippen LogP contribution is 2.56. The molecule has 4 saturated carbocycles. The zero-order chi connectivity index (χ0) is 40.3. The Morgan fingerprint density at radius 2 is 1.78 bits per heavy atom. The van der Waals surface area contributed by atoms with Gasteiger partial charge in [-0.05, 0) is 118 Å². The largest absolute Gasteiger partial charge is 0.488 e. The minimum absolute atomic E-state index is 0.157. The van der Waals surface area contributed by atoms with Gasteiger partial charge in [-0.2, -0.15) is 5.26 Å². The number of aromatic nitrogens is 1. The molecule has 4 bridgehead atoms. The van der Waals surface area contributed by atoms with Crippen molar-refractivity contribution in [2.75, 3.05) is 26.3 Å². The Balaban J connectivity index is 1.03. The van der Waals surface area contributed by atoms with E-state index in [9.17, 15) is 15.2 Å². The maximum atomic E-state index is 12.2. The number of carbonyl (C=O) groups is 1. The molecule has 5 fully saturated rings. The number of hydrogen-bond acceptors (Lipinski definition) is 8. The summed E-state index contributed by atoms with van der Waals surface area (Å²) in [5, 5.41) is 23.9. The monoisotopic (exact) mass is 804 g/mol. The second-order valence-electron chi connectivity index (χ2n) is 18.1. The Kier molecular flexibility index (Phi) is 12.0. The number of nitriles is 1. The molecule has 2 aromatic carbocycles. The van der Waals surface area contributed by atoms with Crippen LogP contribution in [0.3, 0.4) is 0 Å². The van der Waals surface area contributed by atoms with Gasteiger partial charge in [0, 0.05) is 53.7 Å². The maximum absolute atomic E-state index is 12.2. The fourth-order valence-corrected chi connectivity index (χ4v) is 11.4. The van der Waals surface area contributed by atoms with Crippen molar-refractivity contribution >= 4 is 23.1 Å². The smallest absolute Gasteiger partial charge is 0.320 e. The highest BCUT2D eigenvalue weighted by molar-refractivity contribution is 6.32. The summed E-state index contributed by atoms with van der Waals surface area (Å²) in [7, 11) is 0. The lowest BCUT2D eigenvalue weighted by molar-refractivity contribution is -0.144. The Bertz CT molecular complexity index is 2020. The first-order valence-corrected chi connectivity index (χ1v) is 21.7. The number of nitrogens with one attached hydrogen (secondary N) is 1. The molecule has 9 rings (SSSR count). The van der Waals surface area contributed by atoms with Crippen LogP contribution in [0.15, 0.2) is 79.2 Å². The average molecular weight is 805 g/mol. The lowest BCUT2D eigenvalue weighted by Gasteiger charge is -2.57. The van der Waals surface area contributed by atoms with Crippen molar-refractivity contribution < 1.29 is 24.1 Å². The van der Waals surface area contributed by atoms with Crippen molar-refractivity contribution in [3.8, 4) is 17.6 Å². The number of carboxylic acid groups (broad SMARTS) is 1. The van der Waals surface area contributed by atoms with Crippen LogP contribution >= 0.6 is 11.6 Å². The molecule has 2 N–H and O–H groups in total. The highest BCUT2D eigenvalue weighted by Gasteiger charge is 2.51. The topological polar surface area (TPSA) is 117 Å². The number of pyridine rings is 1. The average Bonchev–Trinajstić information content (AvgIpc) is 3.20. The van der Waals surface area contributed by atoms with Gasteiger partial charge in [-0.15, -0.1) is 0 Å². The first kappa shape index (κ1) is 40.6. The van der Waals surface area contributed by atoms with Crippen molar-refractivity contribution in [3.05, 3.63) is 106 Å². The molecule has 9 nitrogen and oxygen atoms in total. The molecule has 10 heteroatoms. The molecule has 1 aromatic heterocycles. The van der Waals surface area contributed by atoms with E-state index in [2.05, 4.69) is 72.7 Å². The summed E-state index contributed by atoms with van der Waals surface area (Å²) in [6.07, 6.45) is 21.2. The molecule has 58 heavy (non-hydrogen) atoms. The van der Waals surface area contributed by atoms with E-state index in [1.165, 1.54) is 50.3 Å². The van der Waals surface area contributed by atoms with E-state index < -0.39 is 23.0 Å². The van der Waals surface area contributed by atoms with Crippen LogP contribution in [0.2, 0.25) is 5.02 Å². The number of carboxylic acids is 1. The first-order valence-electron chi connectivity index (χ1n) is 21.3. The lowest BCUT2D eigenvalue weighted by atomic mass is 9.53. The number of aliphatic carboxylic acids is 1. The van der Waals surface area contributed by atoms with E-state index >= 15 is 0 Å². The molecule has 6 aliphatic rings. The number of likely N-dealkylation sites (tertiary alicyclic amines) is 1. The normalized spacial score (nSPS) is 28.5. The number of hydrogen-bond donors (Lipinski definition) is 2. The highest BCUT2D eigenvalue weighted by atomic mass is 35.5. The third kappa shape index (κ3) is 8.58. The second-order valence-corrected chi connectivity index (χ2v) is 18.5. The van der Waals surface area contributed by atoms with Crippen LogP contribution in [-0.2, 0) is 22.7 Å². The fraction of sp³-hybridized carbons (Fsp3) is 0.521. The fourth-order valence-electron chi connectivity index (χ4n) is 11.1. The van der Waals surface area contributed by atoms with Crippen molar-refractivity contribution in [2.45, 2.75) is 108 Å². The number of benzene rings is 2. The van der Waals surface area contributed by atoms with Crippen molar-refractivity contribution in [2.24, 2.45) is 23.2 Å². The van der Waals surface area contributed by atoms with Gasteiger partial charge in [-0.25, -0.2) is 0 Å². The van der Waals surface area contributed by atoms with Crippen LogP contribution in [0.4, 0.5) is 0 Å². The number of allylic oxidation sites excluding steroid dienone is 2.